The predicted molar refractivity (Wildman–Crippen MR) is 96.9 cm³/mol. The Bertz CT molecular complexity index is 638. The van der Waals surface area contributed by atoms with Gasteiger partial charge in [-0.2, -0.15) is 0 Å². The third-order valence-corrected chi connectivity index (χ3v) is 5.47. The number of benzene rings is 1. The summed E-state index contributed by atoms with van der Waals surface area (Å²) >= 11 is 0. The van der Waals surface area contributed by atoms with E-state index in [0.717, 1.165) is 31.9 Å². The molecule has 0 radical (unpaired) electrons. The summed E-state index contributed by atoms with van der Waals surface area (Å²) in [5, 5.41) is 2.70. The van der Waals surface area contributed by atoms with Crippen molar-refractivity contribution in [2.24, 2.45) is 0 Å². The topological polar surface area (TPSA) is 81.7 Å². The van der Waals surface area contributed by atoms with E-state index in [1.807, 2.05) is 24.3 Å². The molecule has 7 nitrogen and oxygen atoms in total. The van der Waals surface area contributed by atoms with Crippen molar-refractivity contribution < 1.29 is 13.2 Å². The van der Waals surface area contributed by atoms with Crippen LogP contribution in [0.1, 0.15) is 13.3 Å². The lowest BCUT2D eigenvalue weighted by molar-refractivity contribution is -0.115. The number of likely N-dealkylation sites (N-methyl/N-ethyl adjacent to an activating group) is 1. The number of amides is 1. The van der Waals surface area contributed by atoms with E-state index in [9.17, 15) is 13.2 Å². The van der Waals surface area contributed by atoms with Crippen LogP contribution in [-0.4, -0.2) is 64.7 Å². The van der Waals surface area contributed by atoms with Gasteiger partial charge in [0.15, 0.2) is 0 Å². The van der Waals surface area contributed by atoms with Gasteiger partial charge in [0.25, 0.3) is 0 Å². The summed E-state index contributed by atoms with van der Waals surface area (Å²) in [6.07, 6.45) is 0.519. The number of hydrogen-bond acceptors (Lipinski definition) is 5. The molecule has 24 heavy (non-hydrogen) atoms. The van der Waals surface area contributed by atoms with Crippen molar-refractivity contribution >= 4 is 27.3 Å². The number of anilines is 2. The number of nitrogens with one attached hydrogen (secondary N) is 2. The van der Waals surface area contributed by atoms with Crippen molar-refractivity contribution in [2.45, 2.75) is 13.3 Å². The summed E-state index contributed by atoms with van der Waals surface area (Å²) in [4.78, 5) is 16.4. The van der Waals surface area contributed by atoms with Crippen LogP contribution >= 0.6 is 0 Å². The van der Waals surface area contributed by atoms with E-state index in [2.05, 4.69) is 26.9 Å². The lowest BCUT2D eigenvalue weighted by Gasteiger charge is -2.34. The number of nitrogens with zero attached hydrogens (tertiary/aromatic N) is 2. The molecule has 0 bridgehead atoms. The van der Waals surface area contributed by atoms with Gasteiger partial charge in [-0.25, -0.2) is 13.1 Å². The second-order valence-electron chi connectivity index (χ2n) is 6.03. The van der Waals surface area contributed by atoms with Gasteiger partial charge in [0.1, 0.15) is 0 Å². The van der Waals surface area contributed by atoms with Crippen LogP contribution in [0.15, 0.2) is 24.3 Å². The van der Waals surface area contributed by atoms with Crippen LogP contribution in [0.5, 0.6) is 0 Å². The van der Waals surface area contributed by atoms with Crippen LogP contribution < -0.4 is 14.9 Å². The summed E-state index contributed by atoms with van der Waals surface area (Å²) < 4.78 is 25.4. The Labute approximate surface area is 144 Å². The molecule has 0 atom stereocenters. The molecule has 1 aromatic rings. The van der Waals surface area contributed by atoms with Gasteiger partial charge in [0.05, 0.1) is 12.3 Å². The van der Waals surface area contributed by atoms with Crippen LogP contribution in [0, 0.1) is 0 Å². The Morgan fingerprint density at radius 2 is 1.75 bits per heavy atom. The number of carbonyl (C=O) groups excluding carboxylic acids is 1. The van der Waals surface area contributed by atoms with E-state index in [1.165, 1.54) is 0 Å². The van der Waals surface area contributed by atoms with Gasteiger partial charge in [0, 0.05) is 37.6 Å². The number of hydrogen-bond donors (Lipinski definition) is 2. The molecule has 0 spiro atoms. The first kappa shape index (κ1) is 18.7. The van der Waals surface area contributed by atoms with Crippen molar-refractivity contribution in [1.82, 2.24) is 9.62 Å². The van der Waals surface area contributed by atoms with Gasteiger partial charge in [0.2, 0.25) is 15.9 Å². The summed E-state index contributed by atoms with van der Waals surface area (Å²) in [5.74, 6) is -0.345. The molecule has 1 saturated heterocycles. The van der Waals surface area contributed by atoms with E-state index in [1.54, 1.807) is 6.92 Å². The van der Waals surface area contributed by atoms with Gasteiger partial charge >= 0.3 is 0 Å². The fourth-order valence-corrected chi connectivity index (χ4v) is 3.57. The second-order valence-corrected chi connectivity index (χ2v) is 7.95. The quantitative estimate of drug-likeness (QED) is 0.754. The predicted octanol–water partition coefficient (Wildman–Crippen LogP) is 0.706. The molecule has 134 valence electrons. The molecule has 1 amide bonds. The lowest BCUT2D eigenvalue weighted by Crippen LogP contribution is -2.44. The van der Waals surface area contributed by atoms with Gasteiger partial charge in [-0.1, -0.05) is 6.92 Å². The molecule has 2 N–H and O–H groups in total. The van der Waals surface area contributed by atoms with E-state index >= 15 is 0 Å². The summed E-state index contributed by atoms with van der Waals surface area (Å²) in [5.41, 5.74) is 1.79. The Balaban J connectivity index is 1.84. The Morgan fingerprint density at radius 1 is 1.12 bits per heavy atom. The molecular formula is C16H26N4O3S. The molecule has 1 aliphatic rings. The highest BCUT2D eigenvalue weighted by Gasteiger charge is 2.14. The molecule has 1 aliphatic heterocycles. The zero-order chi connectivity index (χ0) is 17.6. The van der Waals surface area contributed by atoms with Crippen molar-refractivity contribution in [3.8, 4) is 0 Å². The number of carbonyl (C=O) groups is 1. The third-order valence-electron chi connectivity index (χ3n) is 3.94. The SMILES string of the molecule is CCCS(=O)(=O)NCC(=O)Nc1ccc(N2CCN(C)CC2)cc1. The van der Waals surface area contributed by atoms with E-state index in [-0.39, 0.29) is 18.2 Å². The Hall–Kier alpha value is -1.64. The number of piperazine rings is 1. The number of sulfonamides is 1. The fraction of sp³-hybridized carbons (Fsp3) is 0.562. The molecule has 8 heteroatoms. The van der Waals surface area contributed by atoms with Crippen molar-refractivity contribution in [3.05, 3.63) is 24.3 Å². The van der Waals surface area contributed by atoms with Gasteiger partial charge in [-0.15, -0.1) is 0 Å². The minimum absolute atomic E-state index is 0.0278. The molecular weight excluding hydrogens is 328 g/mol. The molecule has 0 saturated carbocycles. The minimum Gasteiger partial charge on any atom is -0.369 e. The highest BCUT2D eigenvalue weighted by atomic mass is 32.2. The monoisotopic (exact) mass is 354 g/mol. The fourth-order valence-electron chi connectivity index (χ4n) is 2.54. The van der Waals surface area contributed by atoms with Gasteiger partial charge in [-0.3, -0.25) is 4.79 Å². The Kier molecular flexibility index (Phi) is 6.59. The minimum atomic E-state index is -3.37. The molecule has 1 fully saturated rings. The van der Waals surface area contributed by atoms with E-state index in [4.69, 9.17) is 0 Å². The second kappa shape index (κ2) is 8.46. The first-order valence-electron chi connectivity index (χ1n) is 8.20. The van der Waals surface area contributed by atoms with Gasteiger partial charge in [-0.05, 0) is 37.7 Å². The van der Waals surface area contributed by atoms with Gasteiger partial charge < -0.3 is 15.1 Å². The highest BCUT2D eigenvalue weighted by Crippen LogP contribution is 2.19. The van der Waals surface area contributed by atoms with E-state index < -0.39 is 10.0 Å². The van der Waals surface area contributed by atoms with Crippen LogP contribution in [0.2, 0.25) is 0 Å². The summed E-state index contributed by atoms with van der Waals surface area (Å²) in [6.45, 7) is 5.58. The first-order valence-corrected chi connectivity index (χ1v) is 9.85. The zero-order valence-electron chi connectivity index (χ0n) is 14.3. The number of rotatable bonds is 7. The molecule has 0 unspecified atom stereocenters. The smallest absolute Gasteiger partial charge is 0.239 e. The van der Waals surface area contributed by atoms with Crippen LogP contribution in [0.3, 0.4) is 0 Å². The molecule has 2 rings (SSSR count). The Morgan fingerprint density at radius 3 is 2.33 bits per heavy atom. The largest absolute Gasteiger partial charge is 0.369 e. The van der Waals surface area contributed by atoms with Crippen molar-refractivity contribution in [3.63, 3.8) is 0 Å². The molecule has 1 heterocycles. The zero-order valence-corrected chi connectivity index (χ0v) is 15.1. The summed E-state index contributed by atoms with van der Waals surface area (Å²) in [6, 6.07) is 7.63. The standard InChI is InChI=1S/C16H26N4O3S/c1-3-12-24(22,23)17-13-16(21)18-14-4-6-15(7-5-14)20-10-8-19(2)9-11-20/h4-7,17H,3,8-13H2,1-2H3,(H,18,21). The van der Waals surface area contributed by atoms with Crippen molar-refractivity contribution in [2.75, 3.05) is 55.7 Å². The first-order chi connectivity index (χ1) is 11.4. The lowest BCUT2D eigenvalue weighted by atomic mass is 10.2. The van der Waals surface area contributed by atoms with Crippen molar-refractivity contribution in [1.29, 1.82) is 0 Å². The maximum absolute atomic E-state index is 11.8. The maximum atomic E-state index is 11.8. The molecule has 0 aromatic heterocycles. The normalized spacial score (nSPS) is 16.2. The molecule has 1 aromatic carbocycles. The van der Waals surface area contributed by atoms with Crippen LogP contribution in [-0.2, 0) is 14.8 Å². The van der Waals surface area contributed by atoms with E-state index in [0.29, 0.717) is 12.1 Å². The average Bonchev–Trinajstić information content (AvgIpc) is 2.55. The summed E-state index contributed by atoms with van der Waals surface area (Å²) in [7, 11) is -1.25. The molecule has 0 aliphatic carbocycles. The van der Waals surface area contributed by atoms with Crippen LogP contribution in [0.25, 0.3) is 0 Å². The maximum Gasteiger partial charge on any atom is 0.239 e. The average molecular weight is 354 g/mol. The highest BCUT2D eigenvalue weighted by molar-refractivity contribution is 7.89. The third kappa shape index (κ3) is 5.77. The van der Waals surface area contributed by atoms with Crippen LogP contribution in [0.4, 0.5) is 11.4 Å².